The van der Waals surface area contributed by atoms with Crippen LogP contribution in [0.15, 0.2) is 279 Å². The van der Waals surface area contributed by atoms with Crippen molar-refractivity contribution in [1.82, 2.24) is 14.1 Å². The molecule has 0 saturated heterocycles. The molecule has 446 valence electrons. The van der Waals surface area contributed by atoms with Crippen LogP contribution in [0.25, 0.3) is 139 Å². The van der Waals surface area contributed by atoms with Crippen molar-refractivity contribution >= 4 is 32.8 Å². The third kappa shape index (κ3) is 10.3. The fourth-order valence-corrected chi connectivity index (χ4v) is 12.4. The number of aromatic nitrogens is 4. The van der Waals surface area contributed by atoms with E-state index in [9.17, 15) is 12.3 Å². The molecule has 0 radical (unpaired) electrons. The molecule has 0 N–H and O–H groups in total. The monoisotopic (exact) mass is 1380 g/mol. The molecule has 0 spiro atoms. The van der Waals surface area contributed by atoms with E-state index in [1.54, 1.807) is 53.2 Å². The first kappa shape index (κ1) is 41.0. The molecule has 0 aliphatic carbocycles. The fourth-order valence-electron chi connectivity index (χ4n) is 12.4. The van der Waals surface area contributed by atoms with Crippen molar-refractivity contribution in [1.29, 1.82) is 0 Å². The average molecular weight is 1380 g/mol. The van der Waals surface area contributed by atoms with Crippen LogP contribution in [0.3, 0.4) is 0 Å². The van der Waals surface area contributed by atoms with E-state index in [-0.39, 0.29) is 54.3 Å². The molecule has 6 heteroatoms. The Kier molecular flexibility index (Phi) is 10.3. The molecule has 1 aliphatic rings. The molecule has 0 atom stereocenters. The number of hydrogen-bond donors (Lipinski definition) is 0. The minimum absolute atomic E-state index is 0. The Morgan fingerprint density at radius 1 is 0.435 bits per heavy atom. The van der Waals surface area contributed by atoms with Gasteiger partial charge in [-0.05, 0) is 164 Å². The van der Waals surface area contributed by atoms with Gasteiger partial charge in [0.15, 0.2) is 0 Å². The van der Waals surface area contributed by atoms with Gasteiger partial charge >= 0.3 is 0 Å². The van der Waals surface area contributed by atoms with Crippen LogP contribution in [0, 0.1) is 18.5 Å². The summed E-state index contributed by atoms with van der Waals surface area (Å²) in [6, 6.07) is 45.9. The zero-order valence-electron chi connectivity index (χ0n) is 68.7. The number of rotatable bonds is 9. The van der Waals surface area contributed by atoms with Crippen LogP contribution in [-0.4, -0.2) is 14.1 Å². The van der Waals surface area contributed by atoms with Crippen LogP contribution in [-0.2, 0) is 31.9 Å². The van der Waals surface area contributed by atoms with Crippen LogP contribution in [0.5, 0.6) is 11.5 Å². The normalized spacial score (nSPS) is 14.7. The van der Waals surface area contributed by atoms with Gasteiger partial charge in [-0.25, -0.2) is 4.98 Å². The minimum atomic E-state index is -0.815. The molecule has 16 rings (SSSR count). The number of benzene rings is 12. The van der Waals surface area contributed by atoms with E-state index < -0.39 is 131 Å². The molecule has 0 bridgehead atoms. The molecular weight excluding hydrogens is 1300 g/mol. The Bertz CT molecular complexity index is 6290. The van der Waals surface area contributed by atoms with Crippen LogP contribution in [0.4, 0.5) is 0 Å². The van der Waals surface area contributed by atoms with Gasteiger partial charge in [-0.15, -0.1) is 29.7 Å². The van der Waals surface area contributed by atoms with Crippen molar-refractivity contribution in [2.24, 2.45) is 0 Å². The molecule has 15 aromatic rings. The molecule has 12 aromatic carbocycles. The van der Waals surface area contributed by atoms with Gasteiger partial charge in [0.2, 0.25) is 0 Å². The van der Waals surface area contributed by atoms with Gasteiger partial charge in [0.1, 0.15) is 5.82 Å². The van der Waals surface area contributed by atoms with Gasteiger partial charge in [-0.2, -0.15) is 18.2 Å². The number of hydrogen-bond acceptors (Lipinski definition) is 2. The predicted octanol–water partition coefficient (Wildman–Crippen LogP) is 21.8. The summed E-state index contributed by atoms with van der Waals surface area (Å²) in [7, 11) is 0. The standard InChI is InChI=1S/C86H64N4O.Pt/c1-85(2,3)64-41-39-59(40-42-64)70-35-22-37-76-82-69(58-27-14-9-15-28-58)34-21-36-75(82)71-31-16-17-32-72(71)77-50-63(62-48-60(56-23-10-7-11-24-56)47-61(49-62)57-25-12-8-13-26-57)51-80-84(77)89(83(70)76)55-88(80)66-29-20-30-67(53-66)91-68-43-44-74-73-33-18-19-38-78(73)90(79(74)54-68)81-52-65(45-46-87-81)86(4,5)6;/h7-52H,1-6H3;/q-2;/i7D,8D,9D,10D,11D,12D,13D,14D,15D,23D,24D,25D,26D,27D,28D,47D,48D,49D;. The molecule has 5 nitrogen and oxygen atoms in total. The second-order valence-electron chi connectivity index (χ2n) is 24.6. The minimum Gasteiger partial charge on any atom is -0.510 e. The molecule has 0 unspecified atom stereocenters. The van der Waals surface area contributed by atoms with E-state index in [1.165, 1.54) is 0 Å². The first-order chi connectivity index (χ1) is 51.9. The molecule has 0 saturated carbocycles. The van der Waals surface area contributed by atoms with Crippen LogP contribution in [0.2, 0.25) is 0 Å². The number of pyridine rings is 1. The Hall–Kier alpha value is -10.5. The predicted molar refractivity (Wildman–Crippen MR) is 374 cm³/mol. The quantitative estimate of drug-likeness (QED) is 0.107. The van der Waals surface area contributed by atoms with E-state index in [1.807, 2.05) is 102 Å². The first-order valence-corrected chi connectivity index (χ1v) is 29.9. The molecular formula is C86H64N4OPt-2. The summed E-state index contributed by atoms with van der Waals surface area (Å²) in [6.45, 7) is 12.8. The van der Waals surface area contributed by atoms with Crippen LogP contribution < -0.4 is 9.30 Å². The van der Waals surface area contributed by atoms with Gasteiger partial charge in [-0.3, -0.25) is 4.57 Å². The fraction of sp³-hybridized carbons (Fsp3) is 0.0930. The number of nitrogens with zero attached hydrogens (tertiary/aromatic N) is 4. The van der Waals surface area contributed by atoms with Crippen molar-refractivity contribution in [2.45, 2.75) is 52.4 Å². The van der Waals surface area contributed by atoms with Crippen molar-refractivity contribution in [3.63, 3.8) is 0 Å². The second-order valence-corrected chi connectivity index (χ2v) is 24.6. The van der Waals surface area contributed by atoms with E-state index in [4.69, 9.17) is 22.1 Å². The van der Waals surface area contributed by atoms with Crippen molar-refractivity contribution in [2.75, 3.05) is 0 Å². The van der Waals surface area contributed by atoms with Gasteiger partial charge < -0.3 is 13.9 Å². The van der Waals surface area contributed by atoms with E-state index in [0.29, 0.717) is 84.0 Å². The van der Waals surface area contributed by atoms with Crippen molar-refractivity contribution in [3.8, 4) is 118 Å². The summed E-state index contributed by atoms with van der Waals surface area (Å²) in [6.07, 6.45) is 5.57. The largest absolute Gasteiger partial charge is 0.510 e. The summed E-state index contributed by atoms with van der Waals surface area (Å²) in [5.41, 5.74) is 6.84. The molecule has 3 aromatic heterocycles. The van der Waals surface area contributed by atoms with Gasteiger partial charge in [0.05, 0.1) is 41.4 Å². The van der Waals surface area contributed by atoms with Crippen molar-refractivity contribution < 1.29 is 55.0 Å². The van der Waals surface area contributed by atoms with Gasteiger partial charge in [-0.1, -0.05) is 247 Å². The van der Waals surface area contributed by atoms with E-state index >= 15 is 0 Å². The Morgan fingerprint density at radius 2 is 1.01 bits per heavy atom. The SMILES string of the molecule is [2H]c1c([2H])c([2H])c(-c2cccc3c2-c2cccc(-c4ccc(C(C)(C)C)cc4)c2-[n+]2[c-]n(-c4[c-]c(Oc5[c-]c6c(cc5)c5ccccc5n6-c5cc(C(C)(C)C)ccn5)ccc4)c4cc(-c5c([2H])c(-c6c([2H])c([2H])c([2H])c([2H])c6[2H])c([2H])c(-c6c([2H])c([2H])c([2H])c([2H])c6[2H])c5[2H])cc(c42)-c2ccccc2-3)c([2H])c1[2H].[Pt]. The average Bonchev–Trinajstić information content (AvgIpc) is 1.44. The molecule has 0 fully saturated rings. The van der Waals surface area contributed by atoms with Crippen molar-refractivity contribution in [3.05, 3.63) is 308 Å². The number of fused-ring (bicyclic) bond motifs is 10. The Labute approximate surface area is 577 Å². The first-order valence-electron chi connectivity index (χ1n) is 38.9. The summed E-state index contributed by atoms with van der Waals surface area (Å²) in [5, 5.41) is 1.88. The third-order valence-corrected chi connectivity index (χ3v) is 16.8. The maximum Gasteiger partial charge on any atom is 0.268 e. The molecule has 4 heterocycles. The zero-order chi connectivity index (χ0) is 77.2. The smallest absolute Gasteiger partial charge is 0.268 e. The zero-order valence-corrected chi connectivity index (χ0v) is 53.0. The molecule has 92 heavy (non-hydrogen) atoms. The van der Waals surface area contributed by atoms with E-state index in [2.05, 4.69) is 88.8 Å². The summed E-state index contributed by atoms with van der Waals surface area (Å²) >= 11 is 0. The Morgan fingerprint density at radius 3 is 1.70 bits per heavy atom. The number of para-hydroxylation sites is 2. The molecule has 1 aliphatic heterocycles. The topological polar surface area (TPSA) is 35.9 Å². The Balaban J connectivity index is 0.00000961. The number of ether oxygens (including phenoxy) is 1. The summed E-state index contributed by atoms with van der Waals surface area (Å²) in [4.78, 5) is 4.88. The molecule has 0 amide bonds. The third-order valence-electron chi connectivity index (χ3n) is 16.8. The summed E-state index contributed by atoms with van der Waals surface area (Å²) < 4.78 is 180. The maximum absolute atomic E-state index is 10.5. The summed E-state index contributed by atoms with van der Waals surface area (Å²) in [5.74, 6) is 1.24. The number of imidazole rings is 1. The van der Waals surface area contributed by atoms with E-state index in [0.717, 1.165) is 33.0 Å². The van der Waals surface area contributed by atoms with Crippen LogP contribution >= 0.6 is 0 Å². The van der Waals surface area contributed by atoms with Crippen LogP contribution in [0.1, 0.15) is 77.3 Å². The van der Waals surface area contributed by atoms with Gasteiger partial charge in [0.25, 0.3) is 6.33 Å². The maximum atomic E-state index is 10.5. The van der Waals surface area contributed by atoms with Gasteiger partial charge in [0, 0.05) is 44.3 Å². The second kappa shape index (κ2) is 23.1.